The number of hydrogen-bond acceptors (Lipinski definition) is 2. The van der Waals surface area contributed by atoms with Gasteiger partial charge in [-0.25, -0.2) is 0 Å². The van der Waals surface area contributed by atoms with Gasteiger partial charge >= 0.3 is 0 Å². The van der Waals surface area contributed by atoms with E-state index in [4.69, 9.17) is 0 Å². The Labute approximate surface area is 148 Å². The van der Waals surface area contributed by atoms with E-state index >= 15 is 0 Å². The van der Waals surface area contributed by atoms with Gasteiger partial charge in [0.15, 0.2) is 0 Å². The lowest BCUT2D eigenvalue weighted by molar-refractivity contribution is 0.0936. The molecule has 0 bridgehead atoms. The Bertz CT molecular complexity index is 816. The first kappa shape index (κ1) is 16.8. The van der Waals surface area contributed by atoms with Crippen molar-refractivity contribution < 1.29 is 4.79 Å². The molecule has 0 saturated carbocycles. The Kier molecular flexibility index (Phi) is 5.47. The minimum absolute atomic E-state index is 0.00141. The minimum Gasteiger partial charge on any atom is -0.355 e. The van der Waals surface area contributed by atoms with Crippen molar-refractivity contribution in [3.8, 4) is 0 Å². The normalized spacial score (nSPS) is 11.6. The summed E-state index contributed by atoms with van der Waals surface area (Å²) in [4.78, 5) is 12.8. The summed E-state index contributed by atoms with van der Waals surface area (Å²) < 4.78 is 0. The highest BCUT2D eigenvalue weighted by Crippen LogP contribution is 2.22. The van der Waals surface area contributed by atoms with Crippen LogP contribution in [-0.2, 0) is 0 Å². The van der Waals surface area contributed by atoms with Crippen LogP contribution in [-0.4, -0.2) is 5.91 Å². The van der Waals surface area contributed by atoms with E-state index in [0.29, 0.717) is 5.56 Å². The summed E-state index contributed by atoms with van der Waals surface area (Å²) in [5.74, 6) is -0.0743. The van der Waals surface area contributed by atoms with Crippen molar-refractivity contribution >= 4 is 17.3 Å². The van der Waals surface area contributed by atoms with Crippen LogP contribution in [0, 0.1) is 0 Å². The SMILES string of the molecule is CCC(NC(=O)c1ccccc1Nc1ccccc1)c1ccccc1. The third-order valence-corrected chi connectivity index (χ3v) is 4.14. The summed E-state index contributed by atoms with van der Waals surface area (Å²) >= 11 is 0. The third kappa shape index (κ3) is 4.27. The van der Waals surface area contributed by atoms with Crippen LogP contribution in [0.1, 0.15) is 35.3 Å². The van der Waals surface area contributed by atoms with Gasteiger partial charge in [-0.05, 0) is 36.2 Å². The first-order valence-electron chi connectivity index (χ1n) is 8.55. The molecule has 0 aliphatic carbocycles. The standard InChI is InChI=1S/C22H22N2O/c1-2-20(17-11-5-3-6-12-17)24-22(25)19-15-9-10-16-21(19)23-18-13-7-4-8-14-18/h3-16,20,23H,2H2,1H3,(H,24,25). The fraction of sp³-hybridized carbons (Fsp3) is 0.136. The highest BCUT2D eigenvalue weighted by Gasteiger charge is 2.16. The van der Waals surface area contributed by atoms with Crippen LogP contribution in [0.25, 0.3) is 0 Å². The largest absolute Gasteiger partial charge is 0.355 e. The molecule has 0 aliphatic rings. The van der Waals surface area contributed by atoms with Gasteiger partial charge in [-0.3, -0.25) is 4.79 Å². The molecule has 0 heterocycles. The molecule has 0 saturated heterocycles. The quantitative estimate of drug-likeness (QED) is 0.643. The molecule has 0 aromatic heterocycles. The first-order chi connectivity index (χ1) is 12.3. The number of carbonyl (C=O) groups excluding carboxylic acids is 1. The summed E-state index contributed by atoms with van der Waals surface area (Å²) in [5, 5.41) is 6.47. The molecule has 3 rings (SSSR count). The van der Waals surface area contributed by atoms with Crippen LogP contribution < -0.4 is 10.6 Å². The van der Waals surface area contributed by atoms with Gasteiger partial charge < -0.3 is 10.6 Å². The maximum atomic E-state index is 12.8. The van der Waals surface area contributed by atoms with Crippen LogP contribution in [0.4, 0.5) is 11.4 Å². The topological polar surface area (TPSA) is 41.1 Å². The van der Waals surface area contributed by atoms with Gasteiger partial charge in [0.25, 0.3) is 5.91 Å². The predicted molar refractivity (Wildman–Crippen MR) is 103 cm³/mol. The zero-order valence-electron chi connectivity index (χ0n) is 14.3. The fourth-order valence-electron chi connectivity index (χ4n) is 2.81. The molecule has 0 spiro atoms. The lowest BCUT2D eigenvalue weighted by Crippen LogP contribution is -2.28. The molecule has 0 fully saturated rings. The number of nitrogens with one attached hydrogen (secondary N) is 2. The van der Waals surface area contributed by atoms with Crippen LogP contribution >= 0.6 is 0 Å². The zero-order valence-corrected chi connectivity index (χ0v) is 14.3. The molecule has 2 N–H and O–H groups in total. The Morgan fingerprint density at radius 1 is 0.840 bits per heavy atom. The minimum atomic E-state index is -0.0743. The Balaban J connectivity index is 1.80. The Morgan fingerprint density at radius 2 is 1.44 bits per heavy atom. The van der Waals surface area contributed by atoms with Crippen LogP contribution in [0.15, 0.2) is 84.9 Å². The number of hydrogen-bond donors (Lipinski definition) is 2. The van der Waals surface area contributed by atoms with E-state index in [9.17, 15) is 4.79 Å². The number of benzene rings is 3. The average Bonchev–Trinajstić information content (AvgIpc) is 2.68. The summed E-state index contributed by atoms with van der Waals surface area (Å²) in [5.41, 5.74) is 3.51. The Hall–Kier alpha value is -3.07. The molecule has 3 heteroatoms. The Morgan fingerprint density at radius 3 is 2.12 bits per heavy atom. The predicted octanol–water partition coefficient (Wildman–Crippen LogP) is 5.31. The molecule has 25 heavy (non-hydrogen) atoms. The van der Waals surface area contributed by atoms with Crippen molar-refractivity contribution in [2.24, 2.45) is 0 Å². The molecule has 1 unspecified atom stereocenters. The summed E-state index contributed by atoms with van der Waals surface area (Å²) in [6.07, 6.45) is 0.837. The van der Waals surface area contributed by atoms with E-state index in [1.807, 2.05) is 84.9 Å². The lowest BCUT2D eigenvalue weighted by atomic mass is 10.0. The van der Waals surface area contributed by atoms with Crippen molar-refractivity contribution in [1.29, 1.82) is 0 Å². The van der Waals surface area contributed by atoms with E-state index in [0.717, 1.165) is 23.4 Å². The van der Waals surface area contributed by atoms with E-state index < -0.39 is 0 Å². The van der Waals surface area contributed by atoms with Crippen LogP contribution in [0.5, 0.6) is 0 Å². The maximum Gasteiger partial charge on any atom is 0.253 e. The van der Waals surface area contributed by atoms with Crippen molar-refractivity contribution in [2.45, 2.75) is 19.4 Å². The van der Waals surface area contributed by atoms with Crippen molar-refractivity contribution in [3.05, 3.63) is 96.1 Å². The highest BCUT2D eigenvalue weighted by molar-refractivity contribution is 6.00. The van der Waals surface area contributed by atoms with Gasteiger partial charge in [0, 0.05) is 5.69 Å². The monoisotopic (exact) mass is 330 g/mol. The lowest BCUT2D eigenvalue weighted by Gasteiger charge is -2.19. The van der Waals surface area contributed by atoms with Gasteiger partial charge in [-0.2, -0.15) is 0 Å². The van der Waals surface area contributed by atoms with Gasteiger partial charge in [-0.15, -0.1) is 0 Å². The molecule has 0 radical (unpaired) electrons. The van der Waals surface area contributed by atoms with Gasteiger partial charge in [0.2, 0.25) is 0 Å². The molecular formula is C22H22N2O. The van der Waals surface area contributed by atoms with Crippen molar-refractivity contribution in [1.82, 2.24) is 5.32 Å². The average molecular weight is 330 g/mol. The van der Waals surface area contributed by atoms with Gasteiger partial charge in [0.1, 0.15) is 0 Å². The summed E-state index contributed by atoms with van der Waals surface area (Å²) in [6, 6.07) is 27.5. The molecule has 1 atom stereocenters. The van der Waals surface area contributed by atoms with Crippen molar-refractivity contribution in [2.75, 3.05) is 5.32 Å². The number of rotatable bonds is 6. The van der Waals surface area contributed by atoms with Gasteiger partial charge in [0.05, 0.1) is 17.3 Å². The van der Waals surface area contributed by atoms with Gasteiger partial charge in [-0.1, -0.05) is 67.6 Å². The zero-order chi connectivity index (χ0) is 17.5. The van der Waals surface area contributed by atoms with E-state index in [-0.39, 0.29) is 11.9 Å². The second-order valence-corrected chi connectivity index (χ2v) is 5.88. The molecule has 1 amide bonds. The van der Waals surface area contributed by atoms with Crippen LogP contribution in [0.2, 0.25) is 0 Å². The first-order valence-corrected chi connectivity index (χ1v) is 8.55. The molecule has 0 aliphatic heterocycles. The van der Waals surface area contributed by atoms with E-state index in [1.165, 1.54) is 0 Å². The van der Waals surface area contributed by atoms with Crippen molar-refractivity contribution in [3.63, 3.8) is 0 Å². The molecule has 126 valence electrons. The highest BCUT2D eigenvalue weighted by atomic mass is 16.1. The number of carbonyl (C=O) groups is 1. The summed E-state index contributed by atoms with van der Waals surface area (Å²) in [6.45, 7) is 2.08. The smallest absolute Gasteiger partial charge is 0.253 e. The number of para-hydroxylation sites is 2. The second-order valence-electron chi connectivity index (χ2n) is 5.88. The molecule has 3 aromatic carbocycles. The maximum absolute atomic E-state index is 12.8. The second kappa shape index (κ2) is 8.15. The molecular weight excluding hydrogens is 308 g/mol. The van der Waals surface area contributed by atoms with Crippen LogP contribution in [0.3, 0.4) is 0 Å². The third-order valence-electron chi connectivity index (χ3n) is 4.14. The summed E-state index contributed by atoms with van der Waals surface area (Å²) in [7, 11) is 0. The fourth-order valence-corrected chi connectivity index (χ4v) is 2.81. The molecule has 3 nitrogen and oxygen atoms in total. The number of anilines is 2. The molecule has 3 aromatic rings. The van der Waals surface area contributed by atoms with E-state index in [1.54, 1.807) is 0 Å². The van der Waals surface area contributed by atoms with E-state index in [2.05, 4.69) is 17.6 Å². The number of amides is 1.